The third-order valence-electron chi connectivity index (χ3n) is 5.32. The number of aromatic nitrogens is 3. The average molecular weight is 343 g/mol. The van der Waals surface area contributed by atoms with Gasteiger partial charge < -0.3 is 14.6 Å². The number of aryl methyl sites for hydroxylation is 3. The van der Waals surface area contributed by atoms with Crippen molar-refractivity contribution >= 4 is 5.82 Å². The van der Waals surface area contributed by atoms with Crippen molar-refractivity contribution in [2.75, 3.05) is 25.0 Å². The Morgan fingerprint density at radius 2 is 2.16 bits per heavy atom. The minimum absolute atomic E-state index is 0.0469. The molecule has 1 N–H and O–H groups in total. The van der Waals surface area contributed by atoms with E-state index in [1.165, 1.54) is 5.56 Å². The number of anilines is 1. The van der Waals surface area contributed by atoms with E-state index in [9.17, 15) is 0 Å². The van der Waals surface area contributed by atoms with Crippen molar-refractivity contribution in [3.8, 4) is 0 Å². The summed E-state index contributed by atoms with van der Waals surface area (Å²) in [6.45, 7) is 9.52. The lowest BCUT2D eigenvalue weighted by molar-refractivity contribution is 0.0119. The highest BCUT2D eigenvalue weighted by molar-refractivity contribution is 5.34. The maximum atomic E-state index is 6.23. The first-order valence-electron chi connectivity index (χ1n) is 8.88. The number of ether oxygens (including phenoxy) is 1. The summed E-state index contributed by atoms with van der Waals surface area (Å²) >= 11 is 0. The smallest absolute Gasteiger partial charge is 0.148 e. The summed E-state index contributed by atoms with van der Waals surface area (Å²) < 4.78 is 11.5. The van der Waals surface area contributed by atoms with Crippen molar-refractivity contribution in [3.63, 3.8) is 0 Å². The third-order valence-corrected chi connectivity index (χ3v) is 5.32. The Morgan fingerprint density at radius 3 is 2.88 bits per heavy atom. The molecule has 2 fully saturated rings. The summed E-state index contributed by atoms with van der Waals surface area (Å²) in [5.41, 5.74) is 3.08. The van der Waals surface area contributed by atoms with Crippen LogP contribution in [-0.4, -0.2) is 51.6 Å². The van der Waals surface area contributed by atoms with Gasteiger partial charge >= 0.3 is 0 Å². The molecule has 0 unspecified atom stereocenters. The first kappa shape index (κ1) is 16.5. The van der Waals surface area contributed by atoms with Crippen molar-refractivity contribution < 1.29 is 9.26 Å². The Labute approximate surface area is 147 Å². The normalized spacial score (nSPS) is 26.6. The molecule has 2 aliphatic heterocycles. The monoisotopic (exact) mass is 343 g/mol. The van der Waals surface area contributed by atoms with Crippen LogP contribution in [0.25, 0.3) is 0 Å². The first-order chi connectivity index (χ1) is 12.0. The quantitative estimate of drug-likeness (QED) is 0.912. The Kier molecular flexibility index (Phi) is 4.21. The highest BCUT2D eigenvalue weighted by Crippen LogP contribution is 2.36. The van der Waals surface area contributed by atoms with E-state index in [4.69, 9.17) is 9.26 Å². The lowest BCUT2D eigenvalue weighted by atomic mass is 9.97. The molecule has 134 valence electrons. The molecule has 7 heteroatoms. The van der Waals surface area contributed by atoms with Gasteiger partial charge in [-0.3, -0.25) is 4.90 Å². The first-order valence-corrected chi connectivity index (χ1v) is 8.88. The fourth-order valence-corrected chi connectivity index (χ4v) is 3.92. The molecule has 7 nitrogen and oxygen atoms in total. The zero-order valence-electron chi connectivity index (χ0n) is 15.1. The molecule has 2 aromatic rings. The molecule has 0 saturated carbocycles. The minimum Gasteiger partial charge on any atom is -0.371 e. The van der Waals surface area contributed by atoms with Crippen molar-refractivity contribution in [2.24, 2.45) is 0 Å². The summed E-state index contributed by atoms with van der Waals surface area (Å²) in [6.07, 6.45) is 2.06. The number of hydrogen-bond acceptors (Lipinski definition) is 7. The Bertz CT molecular complexity index is 725. The van der Waals surface area contributed by atoms with Crippen LogP contribution in [0.15, 0.2) is 16.7 Å². The molecule has 1 spiro atoms. The maximum absolute atomic E-state index is 6.23. The second kappa shape index (κ2) is 6.38. The molecule has 4 heterocycles. The summed E-state index contributed by atoms with van der Waals surface area (Å²) in [5, 5.41) is 15.8. The number of nitrogens with zero attached hydrogens (tertiary/aromatic N) is 4. The zero-order chi connectivity index (χ0) is 17.4. The van der Waals surface area contributed by atoms with Crippen LogP contribution in [0.4, 0.5) is 5.82 Å². The predicted molar refractivity (Wildman–Crippen MR) is 93.4 cm³/mol. The molecule has 0 amide bonds. The third kappa shape index (κ3) is 3.39. The fraction of sp³-hybridized carbons (Fsp3) is 0.611. The number of hydrogen-bond donors (Lipinski definition) is 1. The van der Waals surface area contributed by atoms with Gasteiger partial charge in [0.05, 0.1) is 29.6 Å². The maximum Gasteiger partial charge on any atom is 0.148 e. The van der Waals surface area contributed by atoms with Crippen molar-refractivity contribution in [1.29, 1.82) is 0 Å². The SMILES string of the molecule is Cc1ccc(N[C@H]2CO[C@]3(CCN(Cc4c(C)noc4C)C3)C2)nn1. The molecule has 2 saturated heterocycles. The summed E-state index contributed by atoms with van der Waals surface area (Å²) in [5.74, 6) is 1.74. The molecule has 0 aliphatic carbocycles. The minimum atomic E-state index is -0.0469. The Morgan fingerprint density at radius 1 is 1.28 bits per heavy atom. The molecule has 0 aromatic carbocycles. The van der Waals surface area contributed by atoms with E-state index in [1.54, 1.807) is 0 Å². The van der Waals surface area contributed by atoms with E-state index < -0.39 is 0 Å². The van der Waals surface area contributed by atoms with Gasteiger partial charge in [-0.25, -0.2) is 0 Å². The molecule has 2 aromatic heterocycles. The molecular formula is C18H25N5O2. The van der Waals surface area contributed by atoms with Crippen molar-refractivity contribution in [2.45, 2.75) is 51.8 Å². The fourth-order valence-electron chi connectivity index (χ4n) is 3.92. The second-order valence-corrected chi connectivity index (χ2v) is 7.36. The molecule has 0 radical (unpaired) electrons. The standard InChI is InChI=1S/C18H25N5O2/c1-12-4-5-17(21-20-12)19-15-8-18(24-10-15)6-7-23(11-18)9-16-13(2)22-25-14(16)3/h4-5,15H,6-11H2,1-3H3,(H,19,21)/t15-,18-/m1/s1. The largest absolute Gasteiger partial charge is 0.371 e. The van der Waals surface area contributed by atoms with E-state index >= 15 is 0 Å². The van der Waals surface area contributed by atoms with E-state index in [1.807, 2.05) is 32.9 Å². The van der Waals surface area contributed by atoms with Gasteiger partial charge in [-0.1, -0.05) is 5.16 Å². The van der Waals surface area contributed by atoms with Crippen molar-refractivity contribution in [1.82, 2.24) is 20.3 Å². The molecule has 2 aliphatic rings. The lowest BCUT2D eigenvalue weighted by Gasteiger charge is -2.23. The van der Waals surface area contributed by atoms with Gasteiger partial charge in [0.15, 0.2) is 0 Å². The van der Waals surface area contributed by atoms with Crippen LogP contribution in [0, 0.1) is 20.8 Å². The van der Waals surface area contributed by atoms with Crippen LogP contribution in [-0.2, 0) is 11.3 Å². The second-order valence-electron chi connectivity index (χ2n) is 7.36. The van der Waals surface area contributed by atoms with Crippen LogP contribution in [0.3, 0.4) is 0 Å². The van der Waals surface area contributed by atoms with E-state index in [0.29, 0.717) is 6.61 Å². The van der Waals surface area contributed by atoms with Gasteiger partial charge in [-0.15, -0.1) is 5.10 Å². The van der Waals surface area contributed by atoms with Gasteiger partial charge in [-0.05, 0) is 39.3 Å². The van der Waals surface area contributed by atoms with Crippen LogP contribution in [0.2, 0.25) is 0 Å². The average Bonchev–Trinajstić information content (AvgIpc) is 3.27. The summed E-state index contributed by atoms with van der Waals surface area (Å²) in [4.78, 5) is 2.45. The molecular weight excluding hydrogens is 318 g/mol. The predicted octanol–water partition coefficient (Wildman–Crippen LogP) is 2.24. The highest BCUT2D eigenvalue weighted by atomic mass is 16.5. The van der Waals surface area contributed by atoms with Gasteiger partial charge in [0, 0.05) is 31.6 Å². The van der Waals surface area contributed by atoms with Crippen LogP contribution < -0.4 is 5.32 Å². The van der Waals surface area contributed by atoms with E-state index in [-0.39, 0.29) is 11.6 Å². The molecule has 2 atom stereocenters. The molecule has 25 heavy (non-hydrogen) atoms. The van der Waals surface area contributed by atoms with Crippen molar-refractivity contribution in [3.05, 3.63) is 34.8 Å². The summed E-state index contributed by atoms with van der Waals surface area (Å²) in [6, 6.07) is 4.24. The van der Waals surface area contributed by atoms with Crippen LogP contribution >= 0.6 is 0 Å². The number of likely N-dealkylation sites (tertiary alicyclic amines) is 1. The van der Waals surface area contributed by atoms with Gasteiger partial charge in [0.2, 0.25) is 0 Å². The summed E-state index contributed by atoms with van der Waals surface area (Å²) in [7, 11) is 0. The van der Waals surface area contributed by atoms with Gasteiger partial charge in [0.1, 0.15) is 11.6 Å². The topological polar surface area (TPSA) is 76.3 Å². The number of nitrogens with one attached hydrogen (secondary N) is 1. The molecule has 4 rings (SSSR count). The van der Waals surface area contributed by atoms with Gasteiger partial charge in [0.25, 0.3) is 0 Å². The van der Waals surface area contributed by atoms with Crippen LogP contribution in [0.5, 0.6) is 0 Å². The Balaban J connectivity index is 1.35. The molecule has 0 bridgehead atoms. The highest BCUT2D eigenvalue weighted by Gasteiger charge is 2.45. The lowest BCUT2D eigenvalue weighted by Crippen LogP contribution is -2.33. The Hall–Kier alpha value is -1.99. The van der Waals surface area contributed by atoms with Gasteiger partial charge in [-0.2, -0.15) is 5.10 Å². The zero-order valence-corrected chi connectivity index (χ0v) is 15.1. The number of rotatable bonds is 4. The van der Waals surface area contributed by atoms with E-state index in [0.717, 1.165) is 55.4 Å². The van der Waals surface area contributed by atoms with Crippen LogP contribution in [0.1, 0.15) is 35.6 Å². The van der Waals surface area contributed by atoms with E-state index in [2.05, 4.69) is 25.6 Å².